The first-order valence-corrected chi connectivity index (χ1v) is 7.91. The molecule has 2 atom stereocenters. The highest BCUT2D eigenvalue weighted by Gasteiger charge is 2.53. The Morgan fingerprint density at radius 2 is 1.61 bits per heavy atom. The first kappa shape index (κ1) is 17.4. The number of ether oxygens (including phenoxy) is 2. The average molecular weight is 322 g/mol. The highest BCUT2D eigenvalue weighted by molar-refractivity contribution is 5.77. The fourth-order valence-electron chi connectivity index (χ4n) is 3.46. The van der Waals surface area contributed by atoms with E-state index >= 15 is 0 Å². The van der Waals surface area contributed by atoms with E-state index in [1.165, 1.54) is 24.2 Å². The van der Waals surface area contributed by atoms with Crippen LogP contribution in [0.15, 0.2) is 24.3 Å². The van der Waals surface area contributed by atoms with Crippen LogP contribution >= 0.6 is 0 Å². The fraction of sp³-hybridized carbons (Fsp3) is 0.647. The standard InChI is InChI=1S/C17H26N2O4/c1-6-10-17(2,3)11-9-12-13-7-8-14(12)19(16(21)23-5)18(13)15(20)22-4/h6,9,13-14H,1,7-8,10-11H2,2-5H3/t13-,14-/m1/s1. The third-order valence-electron chi connectivity index (χ3n) is 4.62. The van der Waals surface area contributed by atoms with Gasteiger partial charge < -0.3 is 9.47 Å². The van der Waals surface area contributed by atoms with Crippen molar-refractivity contribution in [2.45, 2.75) is 51.6 Å². The molecule has 2 aliphatic rings. The molecule has 0 aromatic rings. The Kier molecular flexibility index (Phi) is 5.02. The van der Waals surface area contributed by atoms with Crippen LogP contribution in [0.3, 0.4) is 0 Å². The zero-order chi connectivity index (χ0) is 17.2. The quantitative estimate of drug-likeness (QED) is 0.743. The van der Waals surface area contributed by atoms with Crippen molar-refractivity contribution in [2.75, 3.05) is 14.2 Å². The summed E-state index contributed by atoms with van der Waals surface area (Å²) in [6, 6.07) is -0.239. The van der Waals surface area contributed by atoms with Gasteiger partial charge in [-0.3, -0.25) is 0 Å². The Bertz CT molecular complexity index is 495. The molecule has 6 nitrogen and oxygen atoms in total. The first-order chi connectivity index (χ1) is 10.9. The van der Waals surface area contributed by atoms with Crippen LogP contribution in [0.4, 0.5) is 9.59 Å². The normalized spacial score (nSPS) is 23.0. The van der Waals surface area contributed by atoms with Crippen LogP contribution in [0.25, 0.3) is 0 Å². The van der Waals surface area contributed by atoms with Crippen LogP contribution < -0.4 is 0 Å². The highest BCUT2D eigenvalue weighted by atomic mass is 16.6. The summed E-state index contributed by atoms with van der Waals surface area (Å²) in [7, 11) is 2.64. The van der Waals surface area contributed by atoms with Crippen LogP contribution in [0.5, 0.6) is 0 Å². The van der Waals surface area contributed by atoms with Crippen molar-refractivity contribution in [1.82, 2.24) is 10.0 Å². The molecule has 1 aliphatic heterocycles. The Balaban J connectivity index is 2.27. The monoisotopic (exact) mass is 322 g/mol. The van der Waals surface area contributed by atoms with Gasteiger partial charge in [-0.25, -0.2) is 19.6 Å². The number of nitrogens with zero attached hydrogens (tertiary/aromatic N) is 2. The molecular formula is C17H26N2O4. The van der Waals surface area contributed by atoms with Crippen molar-refractivity contribution in [3.63, 3.8) is 0 Å². The Labute approximate surface area is 137 Å². The molecule has 6 heteroatoms. The van der Waals surface area contributed by atoms with Crippen molar-refractivity contribution >= 4 is 12.2 Å². The van der Waals surface area contributed by atoms with Gasteiger partial charge in [-0.15, -0.1) is 6.58 Å². The minimum atomic E-state index is -0.529. The van der Waals surface area contributed by atoms with Gasteiger partial charge in [0.2, 0.25) is 0 Å². The summed E-state index contributed by atoms with van der Waals surface area (Å²) in [5, 5.41) is 2.79. The lowest BCUT2D eigenvalue weighted by Crippen LogP contribution is -2.53. The van der Waals surface area contributed by atoms with E-state index in [2.05, 4.69) is 26.5 Å². The van der Waals surface area contributed by atoms with Crippen molar-refractivity contribution in [1.29, 1.82) is 0 Å². The SMILES string of the molecule is C=CCC(C)(C)CC=C1[C@H]2CC[C@H]1N(C(=O)OC)N2C(=O)OC. The molecule has 2 fully saturated rings. The Hall–Kier alpha value is -1.98. The molecule has 23 heavy (non-hydrogen) atoms. The predicted molar refractivity (Wildman–Crippen MR) is 86.6 cm³/mol. The number of fused-ring (bicyclic) bond motifs is 2. The second-order valence-corrected chi connectivity index (χ2v) is 6.80. The number of carbonyl (C=O) groups excluding carboxylic acids is 2. The lowest BCUT2D eigenvalue weighted by atomic mass is 9.84. The third-order valence-corrected chi connectivity index (χ3v) is 4.62. The first-order valence-electron chi connectivity index (χ1n) is 7.91. The summed E-state index contributed by atoms with van der Waals surface area (Å²) in [5.74, 6) is 0. The zero-order valence-electron chi connectivity index (χ0n) is 14.4. The number of allylic oxidation sites excluding steroid dienone is 2. The van der Waals surface area contributed by atoms with Gasteiger partial charge in [0.05, 0.1) is 26.3 Å². The molecule has 128 valence electrons. The van der Waals surface area contributed by atoms with E-state index in [4.69, 9.17) is 9.47 Å². The average Bonchev–Trinajstić information content (AvgIpc) is 3.06. The molecule has 2 amide bonds. The van der Waals surface area contributed by atoms with Crippen molar-refractivity contribution in [3.8, 4) is 0 Å². The predicted octanol–water partition coefficient (Wildman–Crippen LogP) is 3.50. The number of carbonyl (C=O) groups is 2. The van der Waals surface area contributed by atoms with Gasteiger partial charge in [0.15, 0.2) is 0 Å². The summed E-state index contributed by atoms with van der Waals surface area (Å²) in [5.41, 5.74) is 1.21. The number of methoxy groups -OCH3 is 2. The maximum absolute atomic E-state index is 12.1. The van der Waals surface area contributed by atoms with Gasteiger partial charge in [-0.2, -0.15) is 0 Å². The van der Waals surface area contributed by atoms with Gasteiger partial charge in [-0.05, 0) is 36.7 Å². The minimum absolute atomic E-state index is 0.100. The van der Waals surface area contributed by atoms with Crippen molar-refractivity contribution in [3.05, 3.63) is 24.3 Å². The summed E-state index contributed by atoms with van der Waals surface area (Å²) >= 11 is 0. The van der Waals surface area contributed by atoms with Crippen LogP contribution in [0, 0.1) is 5.41 Å². The fourth-order valence-corrected chi connectivity index (χ4v) is 3.46. The molecule has 1 aliphatic carbocycles. The van der Waals surface area contributed by atoms with E-state index in [0.717, 1.165) is 31.3 Å². The summed E-state index contributed by atoms with van der Waals surface area (Å²) in [6.45, 7) is 8.16. The van der Waals surface area contributed by atoms with Crippen LogP contribution in [-0.4, -0.2) is 48.5 Å². The lowest BCUT2D eigenvalue weighted by Gasteiger charge is -2.34. The van der Waals surface area contributed by atoms with Gasteiger partial charge in [0.1, 0.15) is 0 Å². The zero-order valence-corrected chi connectivity index (χ0v) is 14.4. The summed E-state index contributed by atoms with van der Waals surface area (Å²) < 4.78 is 9.68. The summed E-state index contributed by atoms with van der Waals surface area (Å²) in [6.07, 6.45) is 6.48. The number of rotatable bonds is 4. The van der Waals surface area contributed by atoms with E-state index in [9.17, 15) is 9.59 Å². The molecule has 2 bridgehead atoms. The molecule has 0 unspecified atom stereocenters. The van der Waals surface area contributed by atoms with E-state index in [0.29, 0.717) is 0 Å². The Morgan fingerprint density at radius 1 is 1.13 bits per heavy atom. The lowest BCUT2D eigenvalue weighted by molar-refractivity contribution is -0.0300. The third kappa shape index (κ3) is 3.21. The number of hydrazine groups is 1. The van der Waals surface area contributed by atoms with Gasteiger partial charge in [0, 0.05) is 0 Å². The van der Waals surface area contributed by atoms with Crippen molar-refractivity contribution < 1.29 is 19.1 Å². The molecule has 1 saturated carbocycles. The molecular weight excluding hydrogens is 296 g/mol. The molecule has 0 N–H and O–H groups in total. The van der Waals surface area contributed by atoms with Gasteiger partial charge >= 0.3 is 12.2 Å². The summed E-state index contributed by atoms with van der Waals surface area (Å²) in [4.78, 5) is 24.2. The molecule has 0 aromatic heterocycles. The minimum Gasteiger partial charge on any atom is -0.451 e. The Morgan fingerprint density at radius 3 is 2.00 bits per heavy atom. The molecule has 1 heterocycles. The largest absolute Gasteiger partial charge is 0.451 e. The molecule has 0 aromatic carbocycles. The molecule has 2 rings (SSSR count). The maximum atomic E-state index is 12.1. The van der Waals surface area contributed by atoms with Crippen molar-refractivity contribution in [2.24, 2.45) is 5.41 Å². The number of hydrogen-bond acceptors (Lipinski definition) is 4. The molecule has 0 radical (unpaired) electrons. The van der Waals surface area contributed by atoms with Crippen LogP contribution in [-0.2, 0) is 9.47 Å². The molecule has 0 spiro atoms. The van der Waals surface area contributed by atoms with Crippen LogP contribution in [0.1, 0.15) is 39.5 Å². The van der Waals surface area contributed by atoms with E-state index in [-0.39, 0.29) is 17.5 Å². The maximum Gasteiger partial charge on any atom is 0.429 e. The van der Waals surface area contributed by atoms with Gasteiger partial charge in [-0.1, -0.05) is 26.0 Å². The van der Waals surface area contributed by atoms with E-state index < -0.39 is 12.2 Å². The second kappa shape index (κ2) is 6.64. The van der Waals surface area contributed by atoms with Crippen LogP contribution in [0.2, 0.25) is 0 Å². The second-order valence-electron chi connectivity index (χ2n) is 6.80. The van der Waals surface area contributed by atoms with Gasteiger partial charge in [0.25, 0.3) is 0 Å². The molecule has 1 saturated heterocycles. The smallest absolute Gasteiger partial charge is 0.429 e. The highest BCUT2D eigenvalue weighted by Crippen LogP contribution is 2.43. The number of hydrogen-bond donors (Lipinski definition) is 0. The van der Waals surface area contributed by atoms with E-state index in [1.54, 1.807) is 0 Å². The topological polar surface area (TPSA) is 59.1 Å². The van der Waals surface area contributed by atoms with E-state index in [1.807, 2.05) is 6.08 Å². The number of amides is 2.